The number of anilines is 1. The maximum absolute atomic E-state index is 12.7. The fourth-order valence-corrected chi connectivity index (χ4v) is 5.89. The van der Waals surface area contributed by atoms with Crippen LogP contribution in [-0.2, 0) is 26.3 Å². The van der Waals surface area contributed by atoms with Crippen molar-refractivity contribution >= 4 is 13.3 Å². The van der Waals surface area contributed by atoms with E-state index in [0.29, 0.717) is 19.4 Å². The number of hydrogen-bond donors (Lipinski definition) is 0. The van der Waals surface area contributed by atoms with Gasteiger partial charge in [-0.15, -0.1) is 0 Å². The normalized spacial score (nSPS) is 15.5. The molecule has 6 heteroatoms. The van der Waals surface area contributed by atoms with Crippen LogP contribution in [0.15, 0.2) is 42.5 Å². The van der Waals surface area contributed by atoms with Crippen LogP contribution in [0, 0.1) is 13.8 Å². The molecule has 1 aliphatic heterocycles. The van der Waals surface area contributed by atoms with Crippen LogP contribution < -0.4 is 4.90 Å². The Morgan fingerprint density at radius 2 is 1.37 bits per heavy atom. The molecule has 1 fully saturated rings. The molecule has 0 bridgehead atoms. The van der Waals surface area contributed by atoms with Crippen LogP contribution in [0.25, 0.3) is 0 Å². The van der Waals surface area contributed by atoms with E-state index in [-0.39, 0.29) is 0 Å². The first-order valence-corrected chi connectivity index (χ1v) is 12.7. The topological polar surface area (TPSA) is 42.0 Å². The molecule has 0 N–H and O–H groups in total. The van der Waals surface area contributed by atoms with Gasteiger partial charge in [0.25, 0.3) is 0 Å². The molecule has 0 radical (unpaired) electrons. The number of nitrogens with zero attached hydrogens (tertiary/aromatic N) is 2. The lowest BCUT2D eigenvalue weighted by molar-refractivity contribution is 0.219. The Kier molecular flexibility index (Phi) is 8.13. The highest BCUT2D eigenvalue weighted by Gasteiger charge is 2.24. The summed E-state index contributed by atoms with van der Waals surface area (Å²) in [5.41, 5.74) is 6.38. The third-order valence-corrected chi connectivity index (χ3v) is 7.64. The standard InChI is InChI=1S/C24H35N2O3P/c1-5-28-30(27,29-6-2)19-23-12-10-22(11-13-23)18-25-14-16-26(17-15-25)24-20(3)8-7-9-21(24)4/h7-13H,5-6,14-19H2,1-4H3. The Labute approximate surface area is 181 Å². The fourth-order valence-electron chi connectivity index (χ4n) is 4.19. The zero-order valence-corrected chi connectivity index (χ0v) is 19.7. The lowest BCUT2D eigenvalue weighted by Crippen LogP contribution is -2.46. The second-order valence-electron chi connectivity index (χ2n) is 7.92. The molecule has 0 spiro atoms. The average molecular weight is 431 g/mol. The summed E-state index contributed by atoms with van der Waals surface area (Å²) in [7, 11) is -3.05. The lowest BCUT2D eigenvalue weighted by Gasteiger charge is -2.37. The summed E-state index contributed by atoms with van der Waals surface area (Å²) in [5.74, 6) is 0. The molecule has 1 saturated heterocycles. The second kappa shape index (κ2) is 10.6. The highest BCUT2D eigenvalue weighted by Crippen LogP contribution is 2.51. The summed E-state index contributed by atoms with van der Waals surface area (Å²) < 4.78 is 23.5. The van der Waals surface area contributed by atoms with E-state index in [1.807, 2.05) is 26.0 Å². The van der Waals surface area contributed by atoms with Crippen LogP contribution in [0.3, 0.4) is 0 Å². The third kappa shape index (κ3) is 5.95. The van der Waals surface area contributed by atoms with E-state index in [4.69, 9.17) is 9.05 Å². The minimum atomic E-state index is -3.05. The second-order valence-corrected chi connectivity index (χ2v) is 9.98. The molecule has 30 heavy (non-hydrogen) atoms. The van der Waals surface area contributed by atoms with Crippen LogP contribution in [0.1, 0.15) is 36.1 Å². The molecule has 0 aliphatic carbocycles. The van der Waals surface area contributed by atoms with Gasteiger partial charge in [-0.1, -0.05) is 42.5 Å². The first-order chi connectivity index (χ1) is 14.4. The van der Waals surface area contributed by atoms with E-state index in [9.17, 15) is 4.57 Å². The van der Waals surface area contributed by atoms with Crippen molar-refractivity contribution in [2.75, 3.05) is 44.3 Å². The number of hydrogen-bond acceptors (Lipinski definition) is 5. The van der Waals surface area contributed by atoms with Gasteiger partial charge in [0.1, 0.15) is 0 Å². The van der Waals surface area contributed by atoms with Gasteiger partial charge in [0.2, 0.25) is 0 Å². The highest BCUT2D eigenvalue weighted by molar-refractivity contribution is 7.53. The zero-order valence-electron chi connectivity index (χ0n) is 18.8. The highest BCUT2D eigenvalue weighted by atomic mass is 31.2. The third-order valence-electron chi connectivity index (χ3n) is 5.58. The van der Waals surface area contributed by atoms with Crippen molar-refractivity contribution in [1.82, 2.24) is 4.90 Å². The molecule has 164 valence electrons. The number of benzene rings is 2. The molecule has 0 atom stereocenters. The largest absolute Gasteiger partial charge is 0.369 e. The zero-order chi connectivity index (χ0) is 21.6. The van der Waals surface area contributed by atoms with Gasteiger partial charge in [0.15, 0.2) is 0 Å². The van der Waals surface area contributed by atoms with E-state index < -0.39 is 7.60 Å². The Hall–Kier alpha value is -1.65. The monoisotopic (exact) mass is 430 g/mol. The first-order valence-electron chi connectivity index (χ1n) is 10.9. The van der Waals surface area contributed by atoms with Gasteiger partial charge < -0.3 is 13.9 Å². The molecular formula is C24H35N2O3P. The Bertz CT molecular complexity index is 831. The summed E-state index contributed by atoms with van der Waals surface area (Å²) in [5, 5.41) is 0. The molecular weight excluding hydrogens is 395 g/mol. The predicted octanol–water partition coefficient (Wildman–Crippen LogP) is 5.39. The molecule has 0 unspecified atom stereocenters. The van der Waals surface area contributed by atoms with E-state index in [1.165, 1.54) is 22.4 Å². The Morgan fingerprint density at radius 3 is 1.90 bits per heavy atom. The van der Waals surface area contributed by atoms with Crippen molar-refractivity contribution in [2.45, 2.75) is 40.4 Å². The van der Waals surface area contributed by atoms with Crippen molar-refractivity contribution in [3.8, 4) is 0 Å². The van der Waals surface area contributed by atoms with Crippen molar-refractivity contribution in [3.63, 3.8) is 0 Å². The van der Waals surface area contributed by atoms with Crippen LogP contribution in [0.4, 0.5) is 5.69 Å². The Morgan fingerprint density at radius 1 is 0.833 bits per heavy atom. The molecule has 0 amide bonds. The molecule has 0 saturated carbocycles. The molecule has 2 aromatic carbocycles. The van der Waals surface area contributed by atoms with Gasteiger partial charge in [0.05, 0.1) is 19.4 Å². The number of para-hydroxylation sites is 1. The summed E-state index contributed by atoms with van der Waals surface area (Å²) in [4.78, 5) is 5.02. The summed E-state index contributed by atoms with van der Waals surface area (Å²) in [6.07, 6.45) is 0.323. The maximum atomic E-state index is 12.7. The lowest BCUT2D eigenvalue weighted by atomic mass is 10.1. The fraction of sp³-hybridized carbons (Fsp3) is 0.500. The van der Waals surface area contributed by atoms with Crippen molar-refractivity contribution < 1.29 is 13.6 Å². The molecule has 0 aromatic heterocycles. The molecule has 5 nitrogen and oxygen atoms in total. The molecule has 3 rings (SSSR count). The quantitative estimate of drug-likeness (QED) is 0.499. The van der Waals surface area contributed by atoms with E-state index in [1.54, 1.807) is 0 Å². The van der Waals surface area contributed by atoms with E-state index in [0.717, 1.165) is 38.3 Å². The summed E-state index contributed by atoms with van der Waals surface area (Å²) >= 11 is 0. The van der Waals surface area contributed by atoms with Crippen molar-refractivity contribution in [3.05, 3.63) is 64.7 Å². The van der Waals surface area contributed by atoms with Crippen molar-refractivity contribution in [2.24, 2.45) is 0 Å². The van der Waals surface area contributed by atoms with Gasteiger partial charge in [0, 0.05) is 38.4 Å². The molecule has 2 aromatic rings. The van der Waals surface area contributed by atoms with Gasteiger partial charge in [-0.2, -0.15) is 0 Å². The summed E-state index contributed by atoms with van der Waals surface area (Å²) in [6, 6.07) is 14.9. The van der Waals surface area contributed by atoms with E-state index in [2.05, 4.69) is 54.0 Å². The minimum absolute atomic E-state index is 0.323. The van der Waals surface area contributed by atoms with Crippen LogP contribution in [-0.4, -0.2) is 44.3 Å². The van der Waals surface area contributed by atoms with E-state index >= 15 is 0 Å². The minimum Gasteiger partial charge on any atom is -0.369 e. The van der Waals surface area contributed by atoms with Gasteiger partial charge in [-0.25, -0.2) is 0 Å². The molecule has 1 aliphatic rings. The predicted molar refractivity (Wildman–Crippen MR) is 124 cm³/mol. The Balaban J connectivity index is 1.55. The smallest absolute Gasteiger partial charge is 0.335 e. The van der Waals surface area contributed by atoms with Crippen LogP contribution in [0.5, 0.6) is 0 Å². The number of rotatable bonds is 9. The van der Waals surface area contributed by atoms with Gasteiger partial charge >= 0.3 is 7.60 Å². The number of aryl methyl sites for hydroxylation is 2. The SMILES string of the molecule is CCOP(=O)(Cc1ccc(CN2CCN(c3c(C)cccc3C)CC2)cc1)OCC. The molecule has 1 heterocycles. The van der Waals surface area contributed by atoms with Crippen LogP contribution in [0.2, 0.25) is 0 Å². The first kappa shape index (κ1) is 23.0. The summed E-state index contributed by atoms with van der Waals surface area (Å²) in [6.45, 7) is 14.0. The van der Waals surface area contributed by atoms with Crippen molar-refractivity contribution in [1.29, 1.82) is 0 Å². The van der Waals surface area contributed by atoms with Gasteiger partial charge in [-0.3, -0.25) is 9.46 Å². The van der Waals surface area contributed by atoms with Crippen LogP contribution >= 0.6 is 7.60 Å². The number of piperazine rings is 1. The maximum Gasteiger partial charge on any atom is 0.335 e. The van der Waals surface area contributed by atoms with Gasteiger partial charge in [-0.05, 0) is 49.9 Å². The average Bonchev–Trinajstić information content (AvgIpc) is 2.71.